The zero-order valence-corrected chi connectivity index (χ0v) is 15.2. The lowest BCUT2D eigenvalue weighted by atomic mass is 10.3. The highest BCUT2D eigenvalue weighted by Gasteiger charge is 2.16. The molecule has 2 N–H and O–H groups in total. The van der Waals surface area contributed by atoms with Gasteiger partial charge >= 0.3 is 0 Å². The molecule has 1 atom stereocenters. The molecule has 1 aromatic heterocycles. The fraction of sp³-hybridized carbons (Fsp3) is 0.250. The molecule has 0 saturated heterocycles. The number of ether oxygens (including phenoxy) is 1. The Bertz CT molecular complexity index is 706. The molecule has 2 aromatic rings. The maximum atomic E-state index is 12.0. The smallest absolute Gasteiger partial charge is 0.287 e. The van der Waals surface area contributed by atoms with E-state index in [2.05, 4.69) is 26.6 Å². The molecule has 8 heteroatoms. The lowest BCUT2D eigenvalue weighted by molar-refractivity contribution is -0.127. The lowest BCUT2D eigenvalue weighted by Gasteiger charge is -2.16. The van der Waals surface area contributed by atoms with Gasteiger partial charge in [-0.1, -0.05) is 11.6 Å². The van der Waals surface area contributed by atoms with Crippen LogP contribution >= 0.6 is 27.5 Å². The summed E-state index contributed by atoms with van der Waals surface area (Å²) in [5.41, 5.74) is 0. The van der Waals surface area contributed by atoms with E-state index in [0.717, 1.165) is 0 Å². The van der Waals surface area contributed by atoms with E-state index in [0.29, 0.717) is 15.2 Å². The zero-order valence-electron chi connectivity index (χ0n) is 12.8. The van der Waals surface area contributed by atoms with Crippen molar-refractivity contribution in [2.24, 2.45) is 0 Å². The number of hydrogen-bond donors (Lipinski definition) is 2. The first-order valence-corrected chi connectivity index (χ1v) is 8.35. The Kier molecular flexibility index (Phi) is 6.69. The molecule has 0 unspecified atom stereocenters. The van der Waals surface area contributed by atoms with Gasteiger partial charge in [0.15, 0.2) is 11.9 Å². The molecule has 1 aromatic carbocycles. The minimum atomic E-state index is -0.691. The standard InChI is InChI=1S/C16H16BrClN2O4/c1-10(24-13-5-4-11(18)9-12(13)17)15(21)19-6-7-20-16(22)14-3-2-8-23-14/h2-5,8-10H,6-7H2,1H3,(H,19,21)(H,20,22)/t10-/m0/s1. The van der Waals surface area contributed by atoms with Crippen molar-refractivity contribution >= 4 is 39.3 Å². The number of hydrogen-bond acceptors (Lipinski definition) is 4. The van der Waals surface area contributed by atoms with Crippen LogP contribution in [0.25, 0.3) is 0 Å². The van der Waals surface area contributed by atoms with Crippen LogP contribution in [-0.2, 0) is 4.79 Å². The quantitative estimate of drug-likeness (QED) is 0.681. The van der Waals surface area contributed by atoms with Gasteiger partial charge in [-0.3, -0.25) is 9.59 Å². The summed E-state index contributed by atoms with van der Waals surface area (Å²) in [5.74, 6) is 0.131. The molecule has 0 spiro atoms. The van der Waals surface area contributed by atoms with Gasteiger partial charge in [0.05, 0.1) is 10.7 Å². The van der Waals surface area contributed by atoms with Gasteiger partial charge in [-0.05, 0) is 53.2 Å². The van der Waals surface area contributed by atoms with Crippen LogP contribution in [0.4, 0.5) is 0 Å². The van der Waals surface area contributed by atoms with Crippen molar-refractivity contribution in [3.63, 3.8) is 0 Å². The van der Waals surface area contributed by atoms with E-state index in [1.807, 2.05) is 0 Å². The Balaban J connectivity index is 1.72. The minimum Gasteiger partial charge on any atom is -0.480 e. The van der Waals surface area contributed by atoms with Crippen molar-refractivity contribution in [3.8, 4) is 5.75 Å². The third-order valence-electron chi connectivity index (χ3n) is 3.02. The van der Waals surface area contributed by atoms with E-state index in [1.54, 1.807) is 37.3 Å². The molecule has 24 heavy (non-hydrogen) atoms. The minimum absolute atomic E-state index is 0.227. The predicted octanol–water partition coefficient (Wildman–Crippen LogP) is 3.01. The third kappa shape index (κ3) is 5.28. The molecule has 0 fully saturated rings. The molecular weight excluding hydrogens is 400 g/mol. The highest BCUT2D eigenvalue weighted by atomic mass is 79.9. The van der Waals surface area contributed by atoms with Crippen LogP contribution in [0, 0.1) is 0 Å². The first-order valence-electron chi connectivity index (χ1n) is 7.18. The number of furan rings is 1. The summed E-state index contributed by atoms with van der Waals surface area (Å²) in [6.07, 6.45) is 0.730. The molecule has 1 heterocycles. The van der Waals surface area contributed by atoms with Crippen LogP contribution in [0.3, 0.4) is 0 Å². The van der Waals surface area contributed by atoms with E-state index in [-0.39, 0.29) is 30.7 Å². The maximum Gasteiger partial charge on any atom is 0.287 e. The zero-order chi connectivity index (χ0) is 17.5. The summed E-state index contributed by atoms with van der Waals surface area (Å²) in [7, 11) is 0. The van der Waals surface area contributed by atoms with Crippen molar-refractivity contribution in [1.82, 2.24) is 10.6 Å². The van der Waals surface area contributed by atoms with Gasteiger partial charge < -0.3 is 19.8 Å². The van der Waals surface area contributed by atoms with E-state index >= 15 is 0 Å². The summed E-state index contributed by atoms with van der Waals surface area (Å²) in [6, 6.07) is 8.24. The predicted molar refractivity (Wildman–Crippen MR) is 93.3 cm³/mol. The molecule has 6 nitrogen and oxygen atoms in total. The summed E-state index contributed by atoms with van der Waals surface area (Å²) < 4.78 is 11.2. The van der Waals surface area contributed by atoms with Crippen molar-refractivity contribution in [2.75, 3.05) is 13.1 Å². The number of halogens is 2. The van der Waals surface area contributed by atoms with Crippen molar-refractivity contribution in [3.05, 3.63) is 51.9 Å². The van der Waals surface area contributed by atoms with Crippen molar-refractivity contribution < 1.29 is 18.7 Å². The lowest BCUT2D eigenvalue weighted by Crippen LogP contribution is -2.40. The summed E-state index contributed by atoms with van der Waals surface area (Å²) in [6.45, 7) is 2.20. The SMILES string of the molecule is C[C@H](Oc1ccc(Cl)cc1Br)C(=O)NCCNC(=O)c1ccco1. The number of rotatable bonds is 7. The number of nitrogens with one attached hydrogen (secondary N) is 2. The van der Waals surface area contributed by atoms with Gasteiger partial charge in [-0.25, -0.2) is 0 Å². The average Bonchev–Trinajstić information content (AvgIpc) is 3.08. The third-order valence-corrected chi connectivity index (χ3v) is 3.88. The van der Waals surface area contributed by atoms with Gasteiger partial charge in [0.25, 0.3) is 11.8 Å². The molecule has 0 bridgehead atoms. The Morgan fingerprint density at radius 1 is 1.29 bits per heavy atom. The first-order chi connectivity index (χ1) is 11.5. The number of amides is 2. The van der Waals surface area contributed by atoms with Crippen LogP contribution in [0.15, 0.2) is 45.5 Å². The molecule has 2 amide bonds. The molecule has 0 aliphatic carbocycles. The molecular formula is C16H16BrClN2O4. The van der Waals surface area contributed by atoms with Crippen LogP contribution in [0.2, 0.25) is 5.02 Å². The molecule has 0 aliphatic heterocycles. The van der Waals surface area contributed by atoms with E-state index in [4.69, 9.17) is 20.8 Å². The maximum absolute atomic E-state index is 12.0. The van der Waals surface area contributed by atoms with Crippen LogP contribution in [-0.4, -0.2) is 31.0 Å². The fourth-order valence-electron chi connectivity index (χ4n) is 1.82. The topological polar surface area (TPSA) is 80.6 Å². The van der Waals surface area contributed by atoms with Crippen LogP contribution < -0.4 is 15.4 Å². The van der Waals surface area contributed by atoms with Crippen LogP contribution in [0.5, 0.6) is 5.75 Å². The average molecular weight is 416 g/mol. The molecule has 0 aliphatic rings. The van der Waals surface area contributed by atoms with Gasteiger partial charge in [-0.15, -0.1) is 0 Å². The van der Waals surface area contributed by atoms with Crippen LogP contribution in [0.1, 0.15) is 17.5 Å². The highest BCUT2D eigenvalue weighted by Crippen LogP contribution is 2.28. The van der Waals surface area contributed by atoms with Gasteiger partial charge in [0.2, 0.25) is 0 Å². The van der Waals surface area contributed by atoms with Crippen molar-refractivity contribution in [2.45, 2.75) is 13.0 Å². The summed E-state index contributed by atoms with van der Waals surface area (Å²) in [4.78, 5) is 23.6. The van der Waals surface area contributed by atoms with Gasteiger partial charge in [0, 0.05) is 18.1 Å². The normalized spacial score (nSPS) is 11.6. The molecule has 2 rings (SSSR count). The monoisotopic (exact) mass is 414 g/mol. The number of carbonyl (C=O) groups is 2. The summed E-state index contributed by atoms with van der Waals surface area (Å²) >= 11 is 9.18. The van der Waals surface area contributed by atoms with E-state index in [1.165, 1.54) is 6.26 Å². The first kappa shape index (κ1) is 18.4. The summed E-state index contributed by atoms with van der Waals surface area (Å²) in [5, 5.41) is 5.89. The molecule has 128 valence electrons. The Morgan fingerprint density at radius 3 is 2.71 bits per heavy atom. The van der Waals surface area contributed by atoms with Gasteiger partial charge in [0.1, 0.15) is 5.75 Å². The number of benzene rings is 1. The molecule has 0 saturated carbocycles. The fourth-order valence-corrected chi connectivity index (χ4v) is 2.59. The van der Waals surface area contributed by atoms with E-state index < -0.39 is 6.10 Å². The Hall–Kier alpha value is -1.99. The second-order valence-electron chi connectivity index (χ2n) is 4.86. The number of carbonyl (C=O) groups excluding carboxylic acids is 2. The highest BCUT2D eigenvalue weighted by molar-refractivity contribution is 9.10. The second kappa shape index (κ2) is 8.75. The Morgan fingerprint density at radius 2 is 2.04 bits per heavy atom. The van der Waals surface area contributed by atoms with Gasteiger partial charge in [-0.2, -0.15) is 0 Å². The Labute approximate surface area is 152 Å². The second-order valence-corrected chi connectivity index (χ2v) is 6.15. The van der Waals surface area contributed by atoms with Crippen molar-refractivity contribution in [1.29, 1.82) is 0 Å². The molecule has 0 radical (unpaired) electrons. The van der Waals surface area contributed by atoms with E-state index in [9.17, 15) is 9.59 Å². The largest absolute Gasteiger partial charge is 0.480 e.